The van der Waals surface area contributed by atoms with Crippen LogP contribution >= 0.6 is 11.6 Å². The first-order chi connectivity index (χ1) is 9.00. The van der Waals surface area contributed by atoms with Gasteiger partial charge in [0.2, 0.25) is 0 Å². The molecule has 1 rings (SSSR count). The van der Waals surface area contributed by atoms with E-state index in [9.17, 15) is 4.79 Å². The summed E-state index contributed by atoms with van der Waals surface area (Å²) in [5.41, 5.74) is 5.86. The van der Waals surface area contributed by atoms with Crippen molar-refractivity contribution < 1.29 is 9.53 Å². The Morgan fingerprint density at radius 3 is 2.89 bits per heavy atom. The molecule has 0 saturated heterocycles. The Balaban J connectivity index is 2.26. The van der Waals surface area contributed by atoms with Gasteiger partial charge < -0.3 is 15.8 Å². The lowest BCUT2D eigenvalue weighted by molar-refractivity contribution is 0.0905. The van der Waals surface area contributed by atoms with E-state index in [2.05, 4.69) is 24.1 Å². The summed E-state index contributed by atoms with van der Waals surface area (Å²) in [6.45, 7) is 5.95. The SMILES string of the molecule is CC(C)CCOCCNC(=O)c1cnc(N)c(Cl)c1. The molecule has 0 radical (unpaired) electrons. The van der Waals surface area contributed by atoms with Gasteiger partial charge in [-0.15, -0.1) is 0 Å². The van der Waals surface area contributed by atoms with Crippen LogP contribution in [0, 0.1) is 5.92 Å². The number of hydrogen-bond acceptors (Lipinski definition) is 4. The Labute approximate surface area is 118 Å². The summed E-state index contributed by atoms with van der Waals surface area (Å²) in [4.78, 5) is 15.6. The lowest BCUT2D eigenvalue weighted by atomic mass is 10.1. The van der Waals surface area contributed by atoms with E-state index >= 15 is 0 Å². The van der Waals surface area contributed by atoms with E-state index in [4.69, 9.17) is 22.1 Å². The molecule has 0 spiro atoms. The van der Waals surface area contributed by atoms with Crippen molar-refractivity contribution in [2.75, 3.05) is 25.5 Å². The predicted octanol–water partition coefficient (Wildman–Crippen LogP) is 2.11. The van der Waals surface area contributed by atoms with E-state index in [0.29, 0.717) is 31.2 Å². The molecule has 0 aromatic carbocycles. The number of anilines is 1. The second kappa shape index (κ2) is 7.96. The minimum atomic E-state index is -0.234. The molecule has 19 heavy (non-hydrogen) atoms. The molecule has 1 aromatic rings. The smallest absolute Gasteiger partial charge is 0.252 e. The van der Waals surface area contributed by atoms with Gasteiger partial charge in [-0.05, 0) is 18.4 Å². The molecular formula is C13H20ClN3O2. The lowest BCUT2D eigenvalue weighted by Gasteiger charge is -2.08. The first kappa shape index (κ1) is 15.7. The summed E-state index contributed by atoms with van der Waals surface area (Å²) < 4.78 is 5.40. The van der Waals surface area contributed by atoms with Crippen molar-refractivity contribution in [3.63, 3.8) is 0 Å². The zero-order valence-corrected chi connectivity index (χ0v) is 12.0. The molecule has 0 fully saturated rings. The van der Waals surface area contributed by atoms with Crippen molar-refractivity contribution in [1.82, 2.24) is 10.3 Å². The number of aromatic nitrogens is 1. The van der Waals surface area contributed by atoms with Gasteiger partial charge in [-0.25, -0.2) is 4.98 Å². The summed E-state index contributed by atoms with van der Waals surface area (Å²) in [5.74, 6) is 0.606. The van der Waals surface area contributed by atoms with Gasteiger partial charge in [-0.2, -0.15) is 0 Å². The van der Waals surface area contributed by atoms with Crippen molar-refractivity contribution in [2.24, 2.45) is 5.92 Å². The van der Waals surface area contributed by atoms with Crippen LogP contribution in [0.5, 0.6) is 0 Å². The number of hydrogen-bond donors (Lipinski definition) is 2. The Hall–Kier alpha value is -1.33. The Morgan fingerprint density at radius 2 is 2.26 bits per heavy atom. The van der Waals surface area contributed by atoms with E-state index in [0.717, 1.165) is 6.42 Å². The zero-order chi connectivity index (χ0) is 14.3. The van der Waals surface area contributed by atoms with Crippen molar-refractivity contribution in [1.29, 1.82) is 0 Å². The molecule has 1 aromatic heterocycles. The standard InChI is InChI=1S/C13H20ClN3O2/c1-9(2)3-5-19-6-4-16-13(18)10-7-11(14)12(15)17-8-10/h7-9H,3-6H2,1-2H3,(H2,15,17)(H,16,18). The monoisotopic (exact) mass is 285 g/mol. The average Bonchev–Trinajstić information content (AvgIpc) is 2.36. The summed E-state index contributed by atoms with van der Waals surface area (Å²) in [7, 11) is 0. The number of rotatable bonds is 7. The van der Waals surface area contributed by atoms with Crippen molar-refractivity contribution in [3.8, 4) is 0 Å². The van der Waals surface area contributed by atoms with Crippen LogP contribution in [0.2, 0.25) is 5.02 Å². The van der Waals surface area contributed by atoms with Gasteiger partial charge in [0, 0.05) is 19.3 Å². The van der Waals surface area contributed by atoms with Crippen molar-refractivity contribution >= 4 is 23.3 Å². The van der Waals surface area contributed by atoms with Crippen LogP contribution in [0.1, 0.15) is 30.6 Å². The minimum absolute atomic E-state index is 0.218. The molecule has 0 unspecified atom stereocenters. The highest BCUT2D eigenvalue weighted by Gasteiger charge is 2.07. The van der Waals surface area contributed by atoms with E-state index in [1.807, 2.05) is 0 Å². The highest BCUT2D eigenvalue weighted by molar-refractivity contribution is 6.33. The fourth-order valence-corrected chi connectivity index (χ4v) is 1.50. The van der Waals surface area contributed by atoms with Crippen molar-refractivity contribution in [3.05, 3.63) is 22.8 Å². The topological polar surface area (TPSA) is 77.2 Å². The molecule has 106 valence electrons. The summed E-state index contributed by atoms with van der Waals surface area (Å²) in [6.07, 6.45) is 2.42. The van der Waals surface area contributed by atoms with Crippen LogP contribution in [0.4, 0.5) is 5.82 Å². The van der Waals surface area contributed by atoms with E-state index < -0.39 is 0 Å². The molecule has 0 aliphatic carbocycles. The molecule has 0 aliphatic heterocycles. The molecular weight excluding hydrogens is 266 g/mol. The van der Waals surface area contributed by atoms with Crippen molar-refractivity contribution in [2.45, 2.75) is 20.3 Å². The number of nitrogens with two attached hydrogens (primary N) is 1. The molecule has 0 aliphatic rings. The second-order valence-electron chi connectivity index (χ2n) is 4.64. The van der Waals surface area contributed by atoms with Gasteiger partial charge in [-0.1, -0.05) is 25.4 Å². The minimum Gasteiger partial charge on any atom is -0.382 e. The summed E-state index contributed by atoms with van der Waals surface area (Å²) in [6, 6.07) is 1.50. The lowest BCUT2D eigenvalue weighted by Crippen LogP contribution is -2.27. The molecule has 6 heteroatoms. The molecule has 0 saturated carbocycles. The summed E-state index contributed by atoms with van der Waals surface area (Å²) in [5, 5.41) is 3.01. The molecule has 1 heterocycles. The van der Waals surface area contributed by atoms with E-state index in [-0.39, 0.29) is 16.7 Å². The largest absolute Gasteiger partial charge is 0.382 e. The van der Waals surface area contributed by atoms with Crippen LogP contribution in [-0.2, 0) is 4.74 Å². The number of carbonyl (C=O) groups is 1. The number of ether oxygens (including phenoxy) is 1. The number of halogens is 1. The quantitative estimate of drug-likeness (QED) is 0.752. The normalized spacial score (nSPS) is 10.7. The van der Waals surface area contributed by atoms with Crippen LogP contribution in [0.25, 0.3) is 0 Å². The maximum absolute atomic E-state index is 11.7. The van der Waals surface area contributed by atoms with Crippen LogP contribution in [-0.4, -0.2) is 30.6 Å². The molecule has 0 bridgehead atoms. The van der Waals surface area contributed by atoms with Crippen LogP contribution in [0.3, 0.4) is 0 Å². The average molecular weight is 286 g/mol. The third-order valence-corrected chi connectivity index (χ3v) is 2.81. The Morgan fingerprint density at radius 1 is 1.53 bits per heavy atom. The number of pyridine rings is 1. The fraction of sp³-hybridized carbons (Fsp3) is 0.538. The summed E-state index contributed by atoms with van der Waals surface area (Å²) >= 11 is 5.80. The van der Waals surface area contributed by atoms with Crippen LogP contribution < -0.4 is 11.1 Å². The molecule has 3 N–H and O–H groups in total. The van der Waals surface area contributed by atoms with Gasteiger partial charge in [0.15, 0.2) is 0 Å². The maximum Gasteiger partial charge on any atom is 0.252 e. The molecule has 0 atom stereocenters. The number of amides is 1. The van der Waals surface area contributed by atoms with E-state index in [1.165, 1.54) is 12.3 Å². The van der Waals surface area contributed by atoms with Gasteiger partial charge in [0.25, 0.3) is 5.91 Å². The zero-order valence-electron chi connectivity index (χ0n) is 11.3. The number of nitrogens with zero attached hydrogens (tertiary/aromatic N) is 1. The molecule has 1 amide bonds. The van der Waals surface area contributed by atoms with E-state index in [1.54, 1.807) is 0 Å². The maximum atomic E-state index is 11.7. The fourth-order valence-electron chi connectivity index (χ4n) is 1.33. The first-order valence-electron chi connectivity index (χ1n) is 6.27. The highest BCUT2D eigenvalue weighted by atomic mass is 35.5. The predicted molar refractivity (Wildman–Crippen MR) is 76.3 cm³/mol. The number of nitrogens with one attached hydrogen (secondary N) is 1. The second-order valence-corrected chi connectivity index (χ2v) is 5.05. The van der Waals surface area contributed by atoms with Gasteiger partial charge in [0.05, 0.1) is 17.2 Å². The third kappa shape index (κ3) is 5.89. The first-order valence-corrected chi connectivity index (χ1v) is 6.65. The Bertz CT molecular complexity index is 424. The number of carbonyl (C=O) groups excluding carboxylic acids is 1. The number of nitrogen functional groups attached to an aromatic ring is 1. The Kier molecular flexibility index (Phi) is 6.59. The van der Waals surface area contributed by atoms with Crippen LogP contribution in [0.15, 0.2) is 12.3 Å². The third-order valence-electron chi connectivity index (χ3n) is 2.50. The van der Waals surface area contributed by atoms with Gasteiger partial charge in [0.1, 0.15) is 5.82 Å². The van der Waals surface area contributed by atoms with Gasteiger partial charge in [-0.3, -0.25) is 4.79 Å². The molecule has 5 nitrogen and oxygen atoms in total. The highest BCUT2D eigenvalue weighted by Crippen LogP contribution is 2.16. The van der Waals surface area contributed by atoms with Gasteiger partial charge >= 0.3 is 0 Å².